The Hall–Kier alpha value is -7.48. The minimum Gasteiger partial charge on any atom is -0.455 e. The van der Waals surface area contributed by atoms with Crippen molar-refractivity contribution >= 4 is 43.5 Å². The number of hydrogen-bond donors (Lipinski definition) is 0. The highest BCUT2D eigenvalue weighted by molar-refractivity contribution is 6.28. The molecule has 0 fully saturated rings. The Morgan fingerprint density at radius 2 is 0.667 bits per heavy atom. The molecule has 57 heavy (non-hydrogen) atoms. The van der Waals surface area contributed by atoms with Crippen molar-refractivity contribution in [3.05, 3.63) is 206 Å². The Bertz CT molecular complexity index is 3260. The first-order valence-corrected chi connectivity index (χ1v) is 19.7. The van der Waals surface area contributed by atoms with Crippen molar-refractivity contribution < 1.29 is 4.42 Å². The highest BCUT2D eigenvalue weighted by Gasteiger charge is 2.31. The van der Waals surface area contributed by atoms with Crippen molar-refractivity contribution in [3.63, 3.8) is 0 Å². The molecule has 0 unspecified atom stereocenters. The summed E-state index contributed by atoms with van der Waals surface area (Å²) in [5, 5.41) is 7.46. The maximum Gasteiger partial charge on any atom is 0.143 e. The molecule has 0 aliphatic heterocycles. The zero-order valence-electron chi connectivity index (χ0n) is 31.0. The number of fused-ring (bicyclic) bond motifs is 7. The number of hydrogen-bond acceptors (Lipinski definition) is 1. The predicted octanol–water partition coefficient (Wildman–Crippen LogP) is 15.9. The summed E-state index contributed by atoms with van der Waals surface area (Å²) in [4.78, 5) is 0. The topological polar surface area (TPSA) is 13.1 Å². The van der Waals surface area contributed by atoms with Gasteiger partial charge in [-0.05, 0) is 99.9 Å². The van der Waals surface area contributed by atoms with Crippen molar-refractivity contribution in [1.82, 2.24) is 0 Å². The molecule has 1 heteroatoms. The Labute approximate surface area is 330 Å². The Balaban J connectivity index is 0.972. The lowest BCUT2D eigenvalue weighted by molar-refractivity contribution is 0.670. The van der Waals surface area contributed by atoms with E-state index >= 15 is 0 Å². The average Bonchev–Trinajstić information content (AvgIpc) is 3.83. The van der Waals surface area contributed by atoms with E-state index in [2.05, 4.69) is 194 Å². The highest BCUT2D eigenvalue weighted by Crippen LogP contribution is 2.58. The molecule has 264 valence electrons. The van der Waals surface area contributed by atoms with E-state index in [1.54, 1.807) is 0 Å². The second kappa shape index (κ2) is 12.5. The molecule has 1 nitrogen and oxygen atoms in total. The summed E-state index contributed by atoms with van der Waals surface area (Å²) < 4.78 is 6.35. The van der Waals surface area contributed by atoms with Crippen LogP contribution >= 0.6 is 0 Å². The lowest BCUT2D eigenvalue weighted by Crippen LogP contribution is -1.93. The molecule has 12 rings (SSSR count). The summed E-state index contributed by atoms with van der Waals surface area (Å²) in [6, 6.07) is 75.1. The SMILES string of the molecule is c1ccc(-c2c3c(c(-c4ccccc4)c4ccccc24)-c2ccc(-c4ccc(-c5ccc(-c6cccc7c6oc6ccccc67)cc5)cc4)c4cccc-3c24)cc1. The number of para-hydroxylation sites is 2. The van der Waals surface area contributed by atoms with Crippen LogP contribution in [0.5, 0.6) is 0 Å². The van der Waals surface area contributed by atoms with E-state index in [1.807, 2.05) is 12.1 Å². The standard InChI is InChI=1S/C56H34O/c1-3-13-39(14-4-1)51-45-18-7-8-19-46(45)52(40-15-5-2-6-16-40)55-49-34-33-41(44-21-12-23-48(53(44)49)54(51)55)37-29-25-35(26-30-37)36-27-31-38(32-28-36)42-20-11-22-47-43-17-9-10-24-50(43)57-56(42)47/h1-34H. The van der Waals surface area contributed by atoms with Crippen LogP contribution in [0.1, 0.15) is 0 Å². The van der Waals surface area contributed by atoms with E-state index in [4.69, 9.17) is 4.42 Å². The maximum atomic E-state index is 6.35. The quantitative estimate of drug-likeness (QED) is 0.172. The van der Waals surface area contributed by atoms with Crippen molar-refractivity contribution in [3.8, 4) is 77.9 Å². The average molecular weight is 723 g/mol. The van der Waals surface area contributed by atoms with Crippen LogP contribution in [0, 0.1) is 0 Å². The minimum absolute atomic E-state index is 0.920. The maximum absolute atomic E-state index is 6.35. The molecular formula is C56H34O. The molecule has 10 aromatic carbocycles. The second-order valence-corrected chi connectivity index (χ2v) is 15.1. The van der Waals surface area contributed by atoms with Gasteiger partial charge in [0.15, 0.2) is 0 Å². The van der Waals surface area contributed by atoms with Gasteiger partial charge in [-0.1, -0.05) is 200 Å². The van der Waals surface area contributed by atoms with E-state index in [0.717, 1.165) is 33.1 Å². The number of benzene rings is 10. The van der Waals surface area contributed by atoms with Gasteiger partial charge in [-0.15, -0.1) is 0 Å². The first-order chi connectivity index (χ1) is 28.3. The summed E-state index contributed by atoms with van der Waals surface area (Å²) in [5.41, 5.74) is 19.3. The van der Waals surface area contributed by atoms with E-state index in [9.17, 15) is 0 Å². The first kappa shape index (κ1) is 31.8. The van der Waals surface area contributed by atoms with E-state index in [0.29, 0.717) is 0 Å². The third-order valence-electron chi connectivity index (χ3n) is 12.0. The molecule has 0 spiro atoms. The van der Waals surface area contributed by atoms with Gasteiger partial charge in [-0.25, -0.2) is 0 Å². The molecule has 1 aromatic heterocycles. The third-order valence-corrected chi connectivity index (χ3v) is 12.0. The van der Waals surface area contributed by atoms with Gasteiger partial charge >= 0.3 is 0 Å². The van der Waals surface area contributed by atoms with Crippen LogP contribution in [-0.2, 0) is 0 Å². The summed E-state index contributed by atoms with van der Waals surface area (Å²) >= 11 is 0. The zero-order valence-corrected chi connectivity index (χ0v) is 31.0. The van der Waals surface area contributed by atoms with Crippen LogP contribution in [-0.4, -0.2) is 0 Å². The normalized spacial score (nSPS) is 11.9. The van der Waals surface area contributed by atoms with Gasteiger partial charge in [0.1, 0.15) is 11.2 Å². The monoisotopic (exact) mass is 722 g/mol. The fraction of sp³-hybridized carbons (Fsp3) is 0. The van der Waals surface area contributed by atoms with Crippen molar-refractivity contribution in [1.29, 1.82) is 0 Å². The van der Waals surface area contributed by atoms with Crippen LogP contribution in [0.15, 0.2) is 211 Å². The lowest BCUT2D eigenvalue weighted by Gasteiger charge is -2.20. The van der Waals surface area contributed by atoms with Gasteiger partial charge in [0.2, 0.25) is 0 Å². The predicted molar refractivity (Wildman–Crippen MR) is 240 cm³/mol. The smallest absolute Gasteiger partial charge is 0.143 e. The fourth-order valence-electron chi connectivity index (χ4n) is 9.52. The number of furan rings is 1. The Kier molecular flexibility index (Phi) is 7.00. The van der Waals surface area contributed by atoms with Crippen LogP contribution in [0.2, 0.25) is 0 Å². The molecule has 0 amide bonds. The van der Waals surface area contributed by atoms with Gasteiger partial charge in [0.05, 0.1) is 0 Å². The Morgan fingerprint density at radius 1 is 0.228 bits per heavy atom. The molecule has 1 aliphatic carbocycles. The number of rotatable bonds is 5. The van der Waals surface area contributed by atoms with Gasteiger partial charge in [-0.3, -0.25) is 0 Å². The van der Waals surface area contributed by atoms with Gasteiger partial charge in [0, 0.05) is 16.3 Å². The molecule has 0 saturated carbocycles. The molecule has 0 N–H and O–H groups in total. The molecule has 1 heterocycles. The van der Waals surface area contributed by atoms with Crippen molar-refractivity contribution in [2.75, 3.05) is 0 Å². The van der Waals surface area contributed by atoms with Gasteiger partial charge in [0.25, 0.3) is 0 Å². The molecule has 0 saturated heterocycles. The van der Waals surface area contributed by atoms with E-state index in [1.165, 1.54) is 88.3 Å². The van der Waals surface area contributed by atoms with Gasteiger partial charge < -0.3 is 4.42 Å². The van der Waals surface area contributed by atoms with Crippen LogP contribution in [0.25, 0.3) is 121 Å². The molecular weight excluding hydrogens is 689 g/mol. The van der Waals surface area contributed by atoms with E-state index in [-0.39, 0.29) is 0 Å². The summed E-state index contributed by atoms with van der Waals surface area (Å²) in [5.74, 6) is 0. The van der Waals surface area contributed by atoms with Gasteiger partial charge in [-0.2, -0.15) is 0 Å². The molecule has 0 atom stereocenters. The molecule has 11 aromatic rings. The summed E-state index contributed by atoms with van der Waals surface area (Å²) in [6.07, 6.45) is 0. The molecule has 1 aliphatic rings. The summed E-state index contributed by atoms with van der Waals surface area (Å²) in [6.45, 7) is 0. The largest absolute Gasteiger partial charge is 0.455 e. The van der Waals surface area contributed by atoms with Crippen LogP contribution in [0.3, 0.4) is 0 Å². The fourth-order valence-corrected chi connectivity index (χ4v) is 9.52. The Morgan fingerprint density at radius 3 is 1.28 bits per heavy atom. The van der Waals surface area contributed by atoms with Crippen molar-refractivity contribution in [2.24, 2.45) is 0 Å². The molecule has 0 bridgehead atoms. The van der Waals surface area contributed by atoms with Crippen LogP contribution in [0.4, 0.5) is 0 Å². The molecule has 0 radical (unpaired) electrons. The summed E-state index contributed by atoms with van der Waals surface area (Å²) in [7, 11) is 0. The van der Waals surface area contributed by atoms with Crippen LogP contribution < -0.4 is 0 Å². The second-order valence-electron chi connectivity index (χ2n) is 15.1. The van der Waals surface area contributed by atoms with Crippen molar-refractivity contribution in [2.45, 2.75) is 0 Å². The highest BCUT2D eigenvalue weighted by atomic mass is 16.3. The third kappa shape index (κ3) is 4.83. The lowest BCUT2D eigenvalue weighted by atomic mass is 9.82. The first-order valence-electron chi connectivity index (χ1n) is 19.7. The van der Waals surface area contributed by atoms with E-state index < -0.39 is 0 Å². The zero-order chi connectivity index (χ0) is 37.5. The minimum atomic E-state index is 0.920.